The molecule has 0 aliphatic rings. The van der Waals surface area contributed by atoms with Crippen LogP contribution in [-0.4, -0.2) is 11.9 Å². The molecule has 36 heavy (non-hydrogen) atoms. The fourth-order valence-corrected chi connectivity index (χ4v) is 3.04. The molecule has 3 aromatic rings. The second kappa shape index (κ2) is 11.2. The van der Waals surface area contributed by atoms with Gasteiger partial charge in [-0.15, -0.1) is 0 Å². The van der Waals surface area contributed by atoms with Gasteiger partial charge in [0.1, 0.15) is 24.0 Å². The fraction of sp³-hybridized carbons (Fsp3) is 0.0714. The van der Waals surface area contributed by atoms with Crippen LogP contribution in [0.25, 0.3) is 22.3 Å². The maximum Gasteiger partial charge on any atom is 0.420 e. The Morgan fingerprint density at radius 2 is 1.36 bits per heavy atom. The van der Waals surface area contributed by atoms with E-state index < -0.39 is 29.4 Å². The molecule has 0 bridgehead atoms. The number of benzene rings is 3. The van der Waals surface area contributed by atoms with Crippen LogP contribution < -0.4 is 9.47 Å². The Morgan fingerprint density at radius 3 is 1.89 bits per heavy atom. The number of halogens is 3. The molecule has 0 amide bonds. The van der Waals surface area contributed by atoms with Gasteiger partial charge in [0.15, 0.2) is 0 Å². The summed E-state index contributed by atoms with van der Waals surface area (Å²) in [7, 11) is 0. The van der Waals surface area contributed by atoms with Crippen LogP contribution in [-0.2, 0) is 20.5 Å². The minimum Gasteiger partial charge on any atom is -0.462 e. The summed E-state index contributed by atoms with van der Waals surface area (Å²) < 4.78 is 55.7. The molecule has 3 rings (SSSR count). The first-order chi connectivity index (χ1) is 17.1. The number of carbonyl (C=O) groups excluding carboxylic acids is 2. The van der Waals surface area contributed by atoms with Gasteiger partial charge in [-0.25, -0.2) is 9.59 Å². The molecule has 0 saturated heterocycles. The first kappa shape index (κ1) is 26.0. The summed E-state index contributed by atoms with van der Waals surface area (Å²) in [5.41, 5.74) is 1.51. The van der Waals surface area contributed by atoms with Gasteiger partial charge in [-0.2, -0.15) is 13.2 Å². The Morgan fingerprint density at radius 1 is 0.833 bits per heavy atom. The van der Waals surface area contributed by atoms with Gasteiger partial charge >= 0.3 is 18.1 Å². The molecule has 0 aliphatic heterocycles. The summed E-state index contributed by atoms with van der Waals surface area (Å²) in [5.74, 6) is -1.60. The van der Waals surface area contributed by atoms with Crippen LogP contribution in [0.2, 0.25) is 0 Å². The van der Waals surface area contributed by atoms with E-state index in [1.54, 1.807) is 48.5 Å². The third-order valence-corrected chi connectivity index (χ3v) is 4.85. The van der Waals surface area contributed by atoms with Crippen molar-refractivity contribution in [3.63, 3.8) is 0 Å². The summed E-state index contributed by atoms with van der Waals surface area (Å²) in [4.78, 5) is 22.7. The highest BCUT2D eigenvalue weighted by molar-refractivity contribution is 5.89. The maximum atomic E-state index is 13.6. The summed E-state index contributed by atoms with van der Waals surface area (Å²) in [6.45, 7) is 8.02. The first-order valence-electron chi connectivity index (χ1n) is 10.5. The van der Waals surface area contributed by atoms with Crippen molar-refractivity contribution >= 4 is 11.9 Å². The number of carbonyl (C=O) groups is 2. The number of ether oxygens (including phenoxy) is 3. The zero-order valence-corrected chi connectivity index (χ0v) is 19.2. The second-order valence-corrected chi connectivity index (χ2v) is 7.51. The Balaban J connectivity index is 1.77. The lowest BCUT2D eigenvalue weighted by molar-refractivity contribution is -0.141. The van der Waals surface area contributed by atoms with Crippen molar-refractivity contribution in [3.05, 3.63) is 110 Å². The van der Waals surface area contributed by atoms with Gasteiger partial charge in [-0.05, 0) is 53.4 Å². The van der Waals surface area contributed by atoms with Crippen molar-refractivity contribution in [3.8, 4) is 33.8 Å². The van der Waals surface area contributed by atoms with Gasteiger partial charge in [0.2, 0.25) is 0 Å². The third-order valence-electron chi connectivity index (χ3n) is 4.85. The third kappa shape index (κ3) is 6.73. The van der Waals surface area contributed by atoms with E-state index in [2.05, 4.69) is 17.9 Å². The fourth-order valence-electron chi connectivity index (χ4n) is 3.04. The molecular formula is C28H21F3O5. The van der Waals surface area contributed by atoms with Gasteiger partial charge in [0.25, 0.3) is 0 Å². The summed E-state index contributed by atoms with van der Waals surface area (Å²) in [6.07, 6.45) is -1.38. The quantitative estimate of drug-likeness (QED) is 0.145. The molecule has 0 spiro atoms. The van der Waals surface area contributed by atoms with Crippen LogP contribution in [0.4, 0.5) is 13.2 Å². The van der Waals surface area contributed by atoms with Crippen molar-refractivity contribution in [2.24, 2.45) is 0 Å². The van der Waals surface area contributed by atoms with E-state index in [1.165, 1.54) is 19.3 Å². The molecule has 0 N–H and O–H groups in total. The molecule has 0 heterocycles. The molecule has 0 radical (unpaired) electrons. The predicted octanol–water partition coefficient (Wildman–Crippen LogP) is 7.10. The molecule has 5 nitrogen and oxygen atoms in total. The number of hydrogen-bond acceptors (Lipinski definition) is 5. The number of alkyl halides is 3. The Hall–Kier alpha value is -4.59. The first-order valence-corrected chi connectivity index (χ1v) is 10.5. The summed E-state index contributed by atoms with van der Waals surface area (Å²) in [5, 5.41) is 0. The van der Waals surface area contributed by atoms with E-state index in [0.29, 0.717) is 16.9 Å². The highest BCUT2D eigenvalue weighted by Crippen LogP contribution is 2.39. The topological polar surface area (TPSA) is 61.8 Å². The van der Waals surface area contributed by atoms with Crippen LogP contribution in [0.3, 0.4) is 0 Å². The Labute approximate surface area is 205 Å². The van der Waals surface area contributed by atoms with Gasteiger partial charge in [-0.1, -0.05) is 55.6 Å². The lowest BCUT2D eigenvalue weighted by Crippen LogP contribution is -2.14. The van der Waals surface area contributed by atoms with Crippen molar-refractivity contribution in [2.45, 2.75) is 13.1 Å². The van der Waals surface area contributed by atoms with Crippen molar-refractivity contribution in [1.29, 1.82) is 0 Å². The van der Waals surface area contributed by atoms with Crippen LogP contribution in [0, 0.1) is 0 Å². The molecular weight excluding hydrogens is 473 g/mol. The minimum atomic E-state index is -4.72. The molecule has 0 fully saturated rings. The number of hydrogen-bond donors (Lipinski definition) is 0. The molecule has 0 aromatic heterocycles. The summed E-state index contributed by atoms with van der Waals surface area (Å²) >= 11 is 0. The van der Waals surface area contributed by atoms with E-state index >= 15 is 0 Å². The molecule has 8 heteroatoms. The highest BCUT2D eigenvalue weighted by Gasteiger charge is 2.35. The Bertz CT molecular complexity index is 1300. The molecule has 184 valence electrons. The predicted molar refractivity (Wildman–Crippen MR) is 129 cm³/mol. The molecule has 0 unspecified atom stereocenters. The van der Waals surface area contributed by atoms with Crippen molar-refractivity contribution in [1.82, 2.24) is 0 Å². The van der Waals surface area contributed by atoms with E-state index in [4.69, 9.17) is 9.47 Å². The van der Waals surface area contributed by atoms with Crippen LogP contribution in [0.5, 0.6) is 11.5 Å². The van der Waals surface area contributed by atoms with Gasteiger partial charge in [-0.3, -0.25) is 0 Å². The zero-order valence-electron chi connectivity index (χ0n) is 19.2. The van der Waals surface area contributed by atoms with Crippen LogP contribution >= 0.6 is 0 Å². The number of rotatable bonds is 8. The average Bonchev–Trinajstić information content (AvgIpc) is 2.86. The van der Waals surface area contributed by atoms with Gasteiger partial charge in [0, 0.05) is 11.6 Å². The Kier molecular flexibility index (Phi) is 8.11. The standard InChI is InChI=1S/C28H21F3O5/c1-4-26(32)35-16-15-34-23-12-9-20(10-13-23)19-5-7-21(8-6-19)22-11-14-25(36-27(33)18(2)3)24(17-22)28(29,30)31/h4-17H,1-2H2,3H3/b16-15-. The maximum absolute atomic E-state index is 13.6. The average molecular weight is 494 g/mol. The van der Waals surface area contributed by atoms with Crippen molar-refractivity contribution in [2.75, 3.05) is 0 Å². The van der Waals surface area contributed by atoms with Gasteiger partial charge in [0.05, 0.1) is 5.56 Å². The summed E-state index contributed by atoms with van der Waals surface area (Å²) in [6, 6.07) is 17.5. The largest absolute Gasteiger partial charge is 0.462 e. The molecule has 0 aliphatic carbocycles. The van der Waals surface area contributed by atoms with E-state index in [1.807, 2.05) is 0 Å². The highest BCUT2D eigenvalue weighted by atomic mass is 19.4. The van der Waals surface area contributed by atoms with E-state index in [9.17, 15) is 22.8 Å². The normalized spacial score (nSPS) is 11.1. The zero-order chi connectivity index (χ0) is 26.3. The van der Waals surface area contributed by atoms with Crippen LogP contribution in [0.15, 0.2) is 104 Å². The smallest absolute Gasteiger partial charge is 0.420 e. The second-order valence-electron chi connectivity index (χ2n) is 7.51. The van der Waals surface area contributed by atoms with E-state index in [-0.39, 0.29) is 5.57 Å². The molecule has 0 atom stereocenters. The molecule has 0 saturated carbocycles. The number of esters is 2. The monoisotopic (exact) mass is 494 g/mol. The lowest BCUT2D eigenvalue weighted by Gasteiger charge is -2.15. The van der Waals surface area contributed by atoms with E-state index in [0.717, 1.165) is 35.6 Å². The van der Waals surface area contributed by atoms with Crippen LogP contribution in [0.1, 0.15) is 12.5 Å². The SMILES string of the molecule is C=CC(=O)O/C=C\Oc1ccc(-c2ccc(-c3ccc(OC(=O)C(=C)C)c(C(F)(F)F)c3)cc2)cc1. The minimum absolute atomic E-state index is 0.00660. The van der Waals surface area contributed by atoms with Crippen molar-refractivity contribution < 1.29 is 37.0 Å². The van der Waals surface area contributed by atoms with Gasteiger partial charge < -0.3 is 14.2 Å². The lowest BCUT2D eigenvalue weighted by atomic mass is 9.98. The molecule has 3 aromatic carbocycles.